The topological polar surface area (TPSA) is 42.4 Å². The summed E-state index contributed by atoms with van der Waals surface area (Å²) in [4.78, 5) is 18.0. The van der Waals surface area contributed by atoms with Crippen LogP contribution in [-0.2, 0) is 16.1 Å². The lowest BCUT2D eigenvalue weighted by atomic mass is 10.3. The largest absolute Gasteiger partial charge is 0.465 e. The first-order valence-corrected chi connectivity index (χ1v) is 6.98. The van der Waals surface area contributed by atoms with Crippen LogP contribution in [0.2, 0.25) is 0 Å². The van der Waals surface area contributed by atoms with Crippen LogP contribution in [0.4, 0.5) is 0 Å². The summed E-state index contributed by atoms with van der Waals surface area (Å²) in [6.45, 7) is 3.33. The van der Waals surface area contributed by atoms with Crippen LogP contribution in [0.25, 0.3) is 0 Å². The predicted molar refractivity (Wildman–Crippen MR) is 72.0 cm³/mol. The number of hydrogen-bond donors (Lipinski definition) is 0. The van der Waals surface area contributed by atoms with Crippen LogP contribution < -0.4 is 0 Å². The molecule has 1 saturated carbocycles. The van der Waals surface area contributed by atoms with Gasteiger partial charge in [-0.15, -0.1) is 0 Å². The van der Waals surface area contributed by atoms with E-state index in [4.69, 9.17) is 4.74 Å². The number of halogens is 1. The van der Waals surface area contributed by atoms with E-state index in [1.807, 2.05) is 19.1 Å². The molecular formula is C13H17BrN2O2. The van der Waals surface area contributed by atoms with E-state index in [0.29, 0.717) is 25.7 Å². The van der Waals surface area contributed by atoms with Gasteiger partial charge in [-0.1, -0.05) is 0 Å². The molecule has 2 rings (SSSR count). The second-order valence-corrected chi connectivity index (χ2v) is 5.32. The lowest BCUT2D eigenvalue weighted by Gasteiger charge is -2.20. The molecular weight excluding hydrogens is 296 g/mol. The summed E-state index contributed by atoms with van der Waals surface area (Å²) in [5.74, 6) is -0.151. The highest BCUT2D eigenvalue weighted by Gasteiger charge is 2.30. The number of hydrogen-bond acceptors (Lipinski definition) is 4. The van der Waals surface area contributed by atoms with Gasteiger partial charge in [0.15, 0.2) is 0 Å². The number of pyridine rings is 1. The van der Waals surface area contributed by atoms with E-state index in [1.54, 1.807) is 6.20 Å². The van der Waals surface area contributed by atoms with Gasteiger partial charge in [0.25, 0.3) is 0 Å². The Hall–Kier alpha value is -0.940. The highest BCUT2D eigenvalue weighted by atomic mass is 79.9. The highest BCUT2D eigenvalue weighted by Crippen LogP contribution is 2.28. The molecule has 1 heterocycles. The fourth-order valence-corrected chi connectivity index (χ4v) is 2.07. The summed E-state index contributed by atoms with van der Waals surface area (Å²) in [7, 11) is 0. The van der Waals surface area contributed by atoms with Gasteiger partial charge in [-0.25, -0.2) is 0 Å². The minimum absolute atomic E-state index is 0.151. The summed E-state index contributed by atoms with van der Waals surface area (Å²) in [6, 6.07) is 4.46. The maximum atomic E-state index is 11.5. The lowest BCUT2D eigenvalue weighted by Crippen LogP contribution is -2.32. The SMILES string of the molecule is CCOC(=O)CN(Cc1ccc(Br)cn1)C1CC1. The lowest BCUT2D eigenvalue weighted by molar-refractivity contribution is -0.144. The highest BCUT2D eigenvalue weighted by molar-refractivity contribution is 9.10. The smallest absolute Gasteiger partial charge is 0.320 e. The van der Waals surface area contributed by atoms with E-state index in [-0.39, 0.29) is 5.97 Å². The number of carbonyl (C=O) groups excluding carboxylic acids is 1. The number of ether oxygens (including phenoxy) is 1. The Labute approximate surface area is 115 Å². The molecule has 1 aromatic rings. The average Bonchev–Trinajstić information content (AvgIpc) is 3.15. The molecule has 1 aromatic heterocycles. The summed E-state index contributed by atoms with van der Waals surface area (Å²) in [5.41, 5.74) is 0.981. The summed E-state index contributed by atoms with van der Waals surface area (Å²) < 4.78 is 5.97. The molecule has 5 heteroatoms. The van der Waals surface area contributed by atoms with E-state index in [0.717, 1.165) is 23.0 Å². The minimum Gasteiger partial charge on any atom is -0.465 e. The molecule has 0 radical (unpaired) electrons. The summed E-state index contributed by atoms with van der Waals surface area (Å²) in [5, 5.41) is 0. The first-order chi connectivity index (χ1) is 8.69. The predicted octanol–water partition coefficient (Wildman–Crippen LogP) is 2.37. The Morgan fingerprint density at radius 2 is 2.33 bits per heavy atom. The van der Waals surface area contributed by atoms with Crippen LogP contribution in [0.15, 0.2) is 22.8 Å². The molecule has 0 unspecified atom stereocenters. The van der Waals surface area contributed by atoms with Gasteiger partial charge in [0.1, 0.15) is 0 Å². The molecule has 0 spiro atoms. The Morgan fingerprint density at radius 1 is 1.56 bits per heavy atom. The van der Waals surface area contributed by atoms with E-state index >= 15 is 0 Å². The molecule has 0 aromatic carbocycles. The van der Waals surface area contributed by atoms with Crippen molar-refractivity contribution >= 4 is 21.9 Å². The Bertz CT molecular complexity index is 404. The third-order valence-electron chi connectivity index (χ3n) is 2.85. The number of aromatic nitrogens is 1. The van der Waals surface area contributed by atoms with Gasteiger partial charge in [0, 0.05) is 23.3 Å². The van der Waals surface area contributed by atoms with Crippen LogP contribution in [0.1, 0.15) is 25.5 Å². The number of rotatable bonds is 6. The molecule has 1 fully saturated rings. The molecule has 0 bridgehead atoms. The zero-order valence-electron chi connectivity index (χ0n) is 10.4. The van der Waals surface area contributed by atoms with Crippen molar-refractivity contribution in [2.45, 2.75) is 32.4 Å². The van der Waals surface area contributed by atoms with Crippen LogP contribution >= 0.6 is 15.9 Å². The molecule has 4 nitrogen and oxygen atoms in total. The maximum Gasteiger partial charge on any atom is 0.320 e. The Balaban J connectivity index is 1.93. The Morgan fingerprint density at radius 3 is 2.89 bits per heavy atom. The molecule has 18 heavy (non-hydrogen) atoms. The second-order valence-electron chi connectivity index (χ2n) is 4.41. The van der Waals surface area contributed by atoms with E-state index in [9.17, 15) is 4.79 Å². The van der Waals surface area contributed by atoms with Gasteiger partial charge >= 0.3 is 5.97 Å². The van der Waals surface area contributed by atoms with E-state index in [1.165, 1.54) is 0 Å². The van der Waals surface area contributed by atoms with Crippen LogP contribution in [0.3, 0.4) is 0 Å². The molecule has 98 valence electrons. The molecule has 0 aliphatic heterocycles. The van der Waals surface area contributed by atoms with Gasteiger partial charge in [-0.05, 0) is 47.8 Å². The third-order valence-corrected chi connectivity index (χ3v) is 3.32. The normalized spacial score (nSPS) is 14.8. The number of esters is 1. The van der Waals surface area contributed by atoms with E-state index in [2.05, 4.69) is 25.8 Å². The minimum atomic E-state index is -0.151. The molecule has 0 atom stereocenters. The van der Waals surface area contributed by atoms with Crippen molar-refractivity contribution in [3.63, 3.8) is 0 Å². The summed E-state index contributed by atoms with van der Waals surface area (Å²) in [6.07, 6.45) is 4.11. The van der Waals surface area contributed by atoms with Gasteiger partial charge in [0.2, 0.25) is 0 Å². The van der Waals surface area contributed by atoms with Crippen molar-refractivity contribution in [3.05, 3.63) is 28.5 Å². The fraction of sp³-hybridized carbons (Fsp3) is 0.538. The molecule has 1 aliphatic rings. The van der Waals surface area contributed by atoms with Crippen LogP contribution in [0, 0.1) is 0 Å². The van der Waals surface area contributed by atoms with Crippen molar-refractivity contribution in [2.75, 3.05) is 13.2 Å². The number of nitrogens with zero attached hydrogens (tertiary/aromatic N) is 2. The number of carbonyl (C=O) groups is 1. The van der Waals surface area contributed by atoms with Gasteiger partial charge in [-0.2, -0.15) is 0 Å². The second kappa shape index (κ2) is 6.29. The van der Waals surface area contributed by atoms with Crippen molar-refractivity contribution in [1.29, 1.82) is 0 Å². The average molecular weight is 313 g/mol. The van der Waals surface area contributed by atoms with E-state index < -0.39 is 0 Å². The van der Waals surface area contributed by atoms with Crippen LogP contribution in [0.5, 0.6) is 0 Å². The zero-order valence-corrected chi connectivity index (χ0v) is 12.0. The monoisotopic (exact) mass is 312 g/mol. The van der Waals surface area contributed by atoms with Gasteiger partial charge in [-0.3, -0.25) is 14.7 Å². The fourth-order valence-electron chi connectivity index (χ4n) is 1.83. The van der Waals surface area contributed by atoms with Gasteiger partial charge < -0.3 is 4.74 Å². The quantitative estimate of drug-likeness (QED) is 0.756. The molecule has 0 N–H and O–H groups in total. The van der Waals surface area contributed by atoms with Crippen molar-refractivity contribution in [1.82, 2.24) is 9.88 Å². The summed E-state index contributed by atoms with van der Waals surface area (Å²) >= 11 is 3.36. The maximum absolute atomic E-state index is 11.5. The van der Waals surface area contributed by atoms with Crippen molar-refractivity contribution < 1.29 is 9.53 Å². The van der Waals surface area contributed by atoms with Gasteiger partial charge in [0.05, 0.1) is 18.8 Å². The van der Waals surface area contributed by atoms with Crippen molar-refractivity contribution in [2.24, 2.45) is 0 Å². The van der Waals surface area contributed by atoms with Crippen LogP contribution in [-0.4, -0.2) is 35.0 Å². The third kappa shape index (κ3) is 4.07. The first-order valence-electron chi connectivity index (χ1n) is 6.19. The zero-order chi connectivity index (χ0) is 13.0. The Kier molecular flexibility index (Phi) is 4.72. The molecule has 0 amide bonds. The standard InChI is InChI=1S/C13H17BrN2O2/c1-2-18-13(17)9-16(12-5-6-12)8-11-4-3-10(14)7-15-11/h3-4,7,12H,2,5-6,8-9H2,1H3. The first kappa shape index (κ1) is 13.5. The van der Waals surface area contributed by atoms with Crippen molar-refractivity contribution in [3.8, 4) is 0 Å². The molecule has 0 saturated heterocycles. The molecule has 1 aliphatic carbocycles.